The fraction of sp³-hybridized carbons (Fsp3) is 0.474. The maximum Gasteiger partial charge on any atom is 0.253 e. The molecule has 12 heteroatoms. The largest absolute Gasteiger partial charge is 0.340 e. The number of aryl methyl sites for hydroxylation is 2. The van der Waals surface area contributed by atoms with Crippen LogP contribution in [-0.4, -0.2) is 75.5 Å². The molecule has 1 aliphatic heterocycles. The summed E-state index contributed by atoms with van der Waals surface area (Å²) in [4.78, 5) is 23.5. The first-order chi connectivity index (χ1) is 14.8. The van der Waals surface area contributed by atoms with Gasteiger partial charge in [-0.1, -0.05) is 17.8 Å². The summed E-state index contributed by atoms with van der Waals surface area (Å²) in [5, 5.41) is 6.87. The van der Waals surface area contributed by atoms with Crippen molar-refractivity contribution >= 4 is 44.8 Å². The van der Waals surface area contributed by atoms with Gasteiger partial charge in [-0.3, -0.25) is 4.79 Å². The molecule has 3 aromatic heterocycles. The molecule has 0 spiro atoms. The third-order valence-corrected chi connectivity index (χ3v) is 9.29. The summed E-state index contributed by atoms with van der Waals surface area (Å²) in [7, 11) is -3.47. The Morgan fingerprint density at radius 3 is 2.58 bits per heavy atom. The molecule has 1 aliphatic rings. The first kappa shape index (κ1) is 22.2. The average Bonchev–Trinajstić information content (AvgIpc) is 3.44. The Balaban J connectivity index is 1.39. The number of carbonyl (C=O) groups is 1. The van der Waals surface area contributed by atoms with E-state index in [1.165, 1.54) is 27.4 Å². The molecule has 0 saturated carbocycles. The lowest BCUT2D eigenvalue weighted by molar-refractivity contribution is -0.132. The number of hydrogen-bond acceptors (Lipinski definition) is 8. The van der Waals surface area contributed by atoms with Crippen molar-refractivity contribution in [3.8, 4) is 0 Å². The number of rotatable bonds is 6. The van der Waals surface area contributed by atoms with E-state index in [4.69, 9.17) is 0 Å². The van der Waals surface area contributed by atoms with Gasteiger partial charge in [0.25, 0.3) is 15.8 Å². The average molecular weight is 481 g/mol. The second kappa shape index (κ2) is 8.85. The van der Waals surface area contributed by atoms with Crippen LogP contribution in [0, 0.1) is 13.8 Å². The molecular weight excluding hydrogens is 456 g/mol. The van der Waals surface area contributed by atoms with Crippen LogP contribution in [0.4, 0.5) is 0 Å². The second-order valence-corrected chi connectivity index (χ2v) is 11.2. The summed E-state index contributed by atoms with van der Waals surface area (Å²) < 4.78 is 28.8. The van der Waals surface area contributed by atoms with Gasteiger partial charge in [-0.15, -0.1) is 16.4 Å². The van der Waals surface area contributed by atoms with Crippen LogP contribution in [0.5, 0.6) is 0 Å². The number of thiophene rings is 1. The summed E-state index contributed by atoms with van der Waals surface area (Å²) in [6.07, 6.45) is 2.82. The Labute approximate surface area is 189 Å². The van der Waals surface area contributed by atoms with E-state index in [9.17, 15) is 13.2 Å². The quantitative estimate of drug-likeness (QED) is 0.497. The van der Waals surface area contributed by atoms with Crippen molar-refractivity contribution in [1.29, 1.82) is 0 Å². The van der Waals surface area contributed by atoms with Gasteiger partial charge in [0.1, 0.15) is 4.21 Å². The number of fused-ring (bicyclic) bond motifs is 1. The summed E-state index contributed by atoms with van der Waals surface area (Å²) >= 11 is 2.68. The topological polar surface area (TPSA) is 101 Å². The Morgan fingerprint density at radius 1 is 1.19 bits per heavy atom. The highest BCUT2D eigenvalue weighted by atomic mass is 32.2. The lowest BCUT2D eigenvalue weighted by Crippen LogP contribution is -2.50. The van der Waals surface area contributed by atoms with Crippen LogP contribution in [0.15, 0.2) is 26.9 Å². The Bertz CT molecular complexity index is 1200. The number of carbonyl (C=O) groups excluding carboxylic acids is 1. The normalized spacial score (nSPS) is 15.6. The molecule has 1 saturated heterocycles. The zero-order chi connectivity index (χ0) is 22.2. The number of amides is 1. The molecule has 31 heavy (non-hydrogen) atoms. The van der Waals surface area contributed by atoms with E-state index in [1.54, 1.807) is 26.9 Å². The monoisotopic (exact) mass is 480 g/mol. The highest BCUT2D eigenvalue weighted by Gasteiger charge is 2.30. The molecule has 0 bridgehead atoms. The number of nitrogens with zero attached hydrogens (tertiary/aromatic N) is 6. The SMILES string of the molecule is CSc1nc2nc(C)c(CCC(=O)N3CCN(S(=O)(=O)c4cccs4)CC3)c(C)n2n1. The molecule has 3 aromatic rings. The fourth-order valence-electron chi connectivity index (χ4n) is 3.74. The van der Waals surface area contributed by atoms with Crippen LogP contribution in [0.1, 0.15) is 23.4 Å². The van der Waals surface area contributed by atoms with E-state index in [0.717, 1.165) is 17.0 Å². The predicted octanol–water partition coefficient (Wildman–Crippen LogP) is 1.99. The first-order valence-corrected chi connectivity index (χ1v) is 13.4. The first-order valence-electron chi connectivity index (χ1n) is 9.89. The van der Waals surface area contributed by atoms with E-state index >= 15 is 0 Å². The Kier molecular flexibility index (Phi) is 6.33. The minimum absolute atomic E-state index is 0.0236. The van der Waals surface area contributed by atoms with Crippen molar-refractivity contribution in [1.82, 2.24) is 28.8 Å². The highest BCUT2D eigenvalue weighted by Crippen LogP contribution is 2.23. The van der Waals surface area contributed by atoms with Crippen molar-refractivity contribution in [3.63, 3.8) is 0 Å². The van der Waals surface area contributed by atoms with Crippen LogP contribution in [0.25, 0.3) is 5.78 Å². The molecule has 9 nitrogen and oxygen atoms in total. The Hall–Kier alpha value is -2.02. The molecule has 4 rings (SSSR count). The van der Waals surface area contributed by atoms with Crippen LogP contribution in [0.3, 0.4) is 0 Å². The smallest absolute Gasteiger partial charge is 0.253 e. The van der Waals surface area contributed by atoms with E-state index in [0.29, 0.717) is 54.2 Å². The maximum atomic E-state index is 12.8. The van der Waals surface area contributed by atoms with Crippen molar-refractivity contribution in [3.05, 3.63) is 34.5 Å². The zero-order valence-electron chi connectivity index (χ0n) is 17.6. The van der Waals surface area contributed by atoms with Gasteiger partial charge < -0.3 is 4.90 Å². The van der Waals surface area contributed by atoms with Gasteiger partial charge in [-0.05, 0) is 43.5 Å². The minimum Gasteiger partial charge on any atom is -0.340 e. The standard InChI is InChI=1S/C19H24N6O3S3/c1-13-15(14(2)25-18(20-13)21-19(22-25)29-3)6-7-16(26)23-8-10-24(11-9-23)31(27,28)17-5-4-12-30-17/h4-5,12H,6-11H2,1-3H3. The van der Waals surface area contributed by atoms with Crippen LogP contribution in [-0.2, 0) is 21.2 Å². The summed E-state index contributed by atoms with van der Waals surface area (Å²) in [5.41, 5.74) is 2.79. The van der Waals surface area contributed by atoms with Crippen molar-refractivity contribution in [2.24, 2.45) is 0 Å². The minimum atomic E-state index is -3.47. The van der Waals surface area contributed by atoms with E-state index in [2.05, 4.69) is 15.1 Å². The van der Waals surface area contributed by atoms with Gasteiger partial charge in [0, 0.05) is 44.0 Å². The molecular formula is C19H24N6O3S3. The third kappa shape index (κ3) is 4.34. The molecule has 0 radical (unpaired) electrons. The van der Waals surface area contributed by atoms with Crippen LogP contribution < -0.4 is 0 Å². The zero-order valence-corrected chi connectivity index (χ0v) is 20.1. The van der Waals surface area contributed by atoms with Gasteiger partial charge >= 0.3 is 0 Å². The number of thioether (sulfide) groups is 1. The lowest BCUT2D eigenvalue weighted by atomic mass is 10.1. The number of sulfonamides is 1. The van der Waals surface area contributed by atoms with Gasteiger partial charge in [-0.2, -0.15) is 9.29 Å². The van der Waals surface area contributed by atoms with Crippen molar-refractivity contribution in [2.75, 3.05) is 32.4 Å². The molecule has 0 unspecified atom stereocenters. The van der Waals surface area contributed by atoms with Crippen molar-refractivity contribution in [2.45, 2.75) is 36.1 Å². The van der Waals surface area contributed by atoms with E-state index in [1.807, 2.05) is 20.1 Å². The van der Waals surface area contributed by atoms with Crippen LogP contribution in [0.2, 0.25) is 0 Å². The summed E-state index contributed by atoms with van der Waals surface area (Å²) in [6.45, 7) is 5.32. The summed E-state index contributed by atoms with van der Waals surface area (Å²) in [5.74, 6) is 0.591. The van der Waals surface area contributed by atoms with E-state index in [-0.39, 0.29) is 5.91 Å². The molecule has 0 N–H and O–H groups in total. The predicted molar refractivity (Wildman–Crippen MR) is 120 cm³/mol. The van der Waals surface area contributed by atoms with Gasteiger partial charge in [0.15, 0.2) is 0 Å². The maximum absolute atomic E-state index is 12.8. The van der Waals surface area contributed by atoms with E-state index < -0.39 is 10.0 Å². The molecule has 0 aliphatic carbocycles. The number of hydrogen-bond donors (Lipinski definition) is 0. The molecule has 1 fully saturated rings. The number of piperazine rings is 1. The van der Waals surface area contributed by atoms with Crippen LogP contribution >= 0.6 is 23.1 Å². The molecule has 1 amide bonds. The molecule has 0 aromatic carbocycles. The fourth-order valence-corrected chi connectivity index (χ4v) is 6.65. The van der Waals surface area contributed by atoms with Gasteiger partial charge in [0.05, 0.1) is 0 Å². The molecule has 166 valence electrons. The van der Waals surface area contributed by atoms with Gasteiger partial charge in [-0.25, -0.2) is 17.9 Å². The summed E-state index contributed by atoms with van der Waals surface area (Å²) in [6, 6.07) is 3.35. The number of aromatic nitrogens is 4. The molecule has 4 heterocycles. The highest BCUT2D eigenvalue weighted by molar-refractivity contribution is 7.98. The lowest BCUT2D eigenvalue weighted by Gasteiger charge is -2.33. The van der Waals surface area contributed by atoms with Gasteiger partial charge in [0.2, 0.25) is 11.1 Å². The van der Waals surface area contributed by atoms with Crippen molar-refractivity contribution < 1.29 is 13.2 Å². The Morgan fingerprint density at radius 2 is 1.94 bits per heavy atom. The second-order valence-electron chi connectivity index (χ2n) is 7.29. The molecule has 0 atom stereocenters. The third-order valence-electron chi connectivity index (χ3n) is 5.48.